The first-order valence-corrected chi connectivity index (χ1v) is 10.8. The summed E-state index contributed by atoms with van der Waals surface area (Å²) < 4.78 is 0. The number of aromatic nitrogens is 2. The summed E-state index contributed by atoms with van der Waals surface area (Å²) in [4.78, 5) is 21.3. The smallest absolute Gasteiger partial charge is 0.224 e. The van der Waals surface area contributed by atoms with E-state index in [4.69, 9.17) is 11.6 Å². The van der Waals surface area contributed by atoms with Gasteiger partial charge in [0.1, 0.15) is 5.82 Å². The van der Waals surface area contributed by atoms with Gasteiger partial charge in [-0.05, 0) is 72.8 Å². The molecule has 146 valence electrons. The van der Waals surface area contributed by atoms with Crippen molar-refractivity contribution in [3.05, 3.63) is 77.8 Å². The summed E-state index contributed by atoms with van der Waals surface area (Å²) in [5, 5.41) is 3.69. The summed E-state index contributed by atoms with van der Waals surface area (Å²) in [5.41, 5.74) is 3.73. The Morgan fingerprint density at radius 3 is 2.52 bits per heavy atom. The van der Waals surface area contributed by atoms with Crippen LogP contribution in [0.15, 0.2) is 77.7 Å². The van der Waals surface area contributed by atoms with Gasteiger partial charge in [-0.2, -0.15) is 0 Å². The Morgan fingerprint density at radius 1 is 1.00 bits per heavy atom. The third-order valence-electron chi connectivity index (χ3n) is 4.46. The van der Waals surface area contributed by atoms with Gasteiger partial charge in [-0.25, -0.2) is 4.98 Å². The van der Waals surface area contributed by atoms with Crippen molar-refractivity contribution in [2.75, 3.05) is 11.1 Å². The number of nitrogens with zero attached hydrogens (tertiary/aromatic N) is 1. The van der Waals surface area contributed by atoms with Crippen molar-refractivity contribution >= 4 is 46.0 Å². The third kappa shape index (κ3) is 5.19. The lowest BCUT2D eigenvalue weighted by molar-refractivity contribution is -0.116. The van der Waals surface area contributed by atoms with Gasteiger partial charge < -0.3 is 10.3 Å². The Balaban J connectivity index is 1.27. The highest BCUT2D eigenvalue weighted by atomic mass is 35.5. The van der Waals surface area contributed by atoms with Crippen molar-refractivity contribution in [1.82, 2.24) is 9.97 Å². The van der Waals surface area contributed by atoms with Crippen LogP contribution in [0.5, 0.6) is 0 Å². The SMILES string of the molecule is O=C(CCCSc1ccc(Cl)cc1)Nc1ccc(-c2nc3ccccc3[nH]2)cc1. The molecule has 3 aromatic carbocycles. The number of hydrogen-bond acceptors (Lipinski definition) is 3. The Bertz CT molecular complexity index is 1070. The zero-order valence-corrected chi connectivity index (χ0v) is 17.3. The minimum absolute atomic E-state index is 0.0261. The van der Waals surface area contributed by atoms with E-state index in [2.05, 4.69) is 15.3 Å². The molecule has 0 bridgehead atoms. The lowest BCUT2D eigenvalue weighted by atomic mass is 10.2. The maximum atomic E-state index is 12.2. The van der Waals surface area contributed by atoms with Gasteiger partial charge >= 0.3 is 0 Å². The molecule has 0 aliphatic carbocycles. The second-order valence-corrected chi connectivity index (χ2v) is 8.24. The molecule has 0 saturated heterocycles. The molecule has 0 spiro atoms. The summed E-state index contributed by atoms with van der Waals surface area (Å²) in [6.45, 7) is 0. The number of carbonyl (C=O) groups is 1. The Hall–Kier alpha value is -2.76. The topological polar surface area (TPSA) is 57.8 Å². The molecule has 0 aliphatic heterocycles. The van der Waals surface area contributed by atoms with Crippen molar-refractivity contribution < 1.29 is 4.79 Å². The standard InChI is InChI=1S/C23H20ClN3OS/c24-17-9-13-19(14-10-17)29-15-3-6-22(28)25-18-11-7-16(8-12-18)23-26-20-4-1-2-5-21(20)27-23/h1-2,4-5,7-14H,3,6,15H2,(H,25,28)(H,26,27). The number of H-pyrrole nitrogens is 1. The molecule has 29 heavy (non-hydrogen) atoms. The fourth-order valence-electron chi connectivity index (χ4n) is 2.98. The molecule has 0 unspecified atom stereocenters. The fourth-order valence-corrected chi connectivity index (χ4v) is 3.96. The number of rotatable bonds is 7. The molecule has 1 heterocycles. The largest absolute Gasteiger partial charge is 0.338 e. The molecular weight excluding hydrogens is 402 g/mol. The van der Waals surface area contributed by atoms with Crippen LogP contribution in [0.1, 0.15) is 12.8 Å². The van der Waals surface area contributed by atoms with Gasteiger partial charge in [-0.15, -0.1) is 11.8 Å². The molecule has 2 N–H and O–H groups in total. The first-order valence-electron chi connectivity index (χ1n) is 9.41. The van der Waals surface area contributed by atoms with Crippen LogP contribution >= 0.6 is 23.4 Å². The number of fused-ring (bicyclic) bond motifs is 1. The number of carbonyl (C=O) groups excluding carboxylic acids is 1. The zero-order valence-electron chi connectivity index (χ0n) is 15.7. The molecule has 1 amide bonds. The monoisotopic (exact) mass is 421 g/mol. The summed E-state index contributed by atoms with van der Waals surface area (Å²) in [7, 11) is 0. The van der Waals surface area contributed by atoms with Crippen molar-refractivity contribution in [3.8, 4) is 11.4 Å². The third-order valence-corrected chi connectivity index (χ3v) is 5.81. The van der Waals surface area contributed by atoms with Gasteiger partial charge in [0.15, 0.2) is 0 Å². The molecule has 6 heteroatoms. The Labute approximate surface area is 178 Å². The number of para-hydroxylation sites is 2. The average molecular weight is 422 g/mol. The summed E-state index contributed by atoms with van der Waals surface area (Å²) in [6.07, 6.45) is 1.31. The highest BCUT2D eigenvalue weighted by Crippen LogP contribution is 2.23. The highest BCUT2D eigenvalue weighted by molar-refractivity contribution is 7.99. The lowest BCUT2D eigenvalue weighted by Crippen LogP contribution is -2.11. The molecule has 4 nitrogen and oxygen atoms in total. The Kier molecular flexibility index (Phi) is 6.17. The van der Waals surface area contributed by atoms with Crippen LogP contribution in [0.2, 0.25) is 5.02 Å². The Morgan fingerprint density at radius 2 is 1.76 bits per heavy atom. The van der Waals surface area contributed by atoms with Crippen LogP contribution in [0.3, 0.4) is 0 Å². The van der Waals surface area contributed by atoms with E-state index in [9.17, 15) is 4.79 Å². The van der Waals surface area contributed by atoms with Crippen molar-refractivity contribution in [2.45, 2.75) is 17.7 Å². The van der Waals surface area contributed by atoms with E-state index in [0.717, 1.165) is 50.2 Å². The van der Waals surface area contributed by atoms with E-state index in [0.29, 0.717) is 6.42 Å². The first-order chi connectivity index (χ1) is 14.2. The van der Waals surface area contributed by atoms with Gasteiger partial charge in [0, 0.05) is 27.6 Å². The van der Waals surface area contributed by atoms with Crippen molar-refractivity contribution in [2.24, 2.45) is 0 Å². The summed E-state index contributed by atoms with van der Waals surface area (Å²) in [6, 6.07) is 23.4. The molecule has 4 rings (SSSR count). The molecule has 0 radical (unpaired) electrons. The second-order valence-electron chi connectivity index (χ2n) is 6.63. The first kappa shape index (κ1) is 19.6. The van der Waals surface area contributed by atoms with E-state index >= 15 is 0 Å². The normalized spacial score (nSPS) is 10.9. The summed E-state index contributed by atoms with van der Waals surface area (Å²) in [5.74, 6) is 1.74. The van der Waals surface area contributed by atoms with E-state index in [1.165, 1.54) is 0 Å². The van der Waals surface area contributed by atoms with Crippen LogP contribution in [0.4, 0.5) is 5.69 Å². The van der Waals surface area contributed by atoms with Crippen LogP contribution in [0.25, 0.3) is 22.4 Å². The van der Waals surface area contributed by atoms with Crippen molar-refractivity contribution in [3.63, 3.8) is 0 Å². The maximum Gasteiger partial charge on any atom is 0.224 e. The van der Waals surface area contributed by atoms with Crippen LogP contribution < -0.4 is 5.32 Å². The predicted molar refractivity (Wildman–Crippen MR) is 122 cm³/mol. The molecule has 0 aliphatic rings. The number of anilines is 1. The quantitative estimate of drug-likeness (QED) is 0.268. The number of aromatic amines is 1. The van der Waals surface area contributed by atoms with Crippen LogP contribution in [-0.4, -0.2) is 21.6 Å². The van der Waals surface area contributed by atoms with Gasteiger partial charge in [-0.1, -0.05) is 23.7 Å². The molecule has 0 atom stereocenters. The summed E-state index contributed by atoms with van der Waals surface area (Å²) >= 11 is 7.62. The number of imidazole rings is 1. The van der Waals surface area contributed by atoms with Crippen LogP contribution in [-0.2, 0) is 4.79 Å². The van der Waals surface area contributed by atoms with E-state index in [1.807, 2.05) is 72.8 Å². The van der Waals surface area contributed by atoms with Crippen LogP contribution in [0, 0.1) is 0 Å². The molecule has 0 fully saturated rings. The van der Waals surface area contributed by atoms with Gasteiger partial charge in [-0.3, -0.25) is 4.79 Å². The number of nitrogens with one attached hydrogen (secondary N) is 2. The van der Waals surface area contributed by atoms with Crippen molar-refractivity contribution in [1.29, 1.82) is 0 Å². The predicted octanol–water partition coefficient (Wildman–Crippen LogP) is 6.39. The molecule has 1 aromatic heterocycles. The van der Waals surface area contributed by atoms with Gasteiger partial charge in [0.05, 0.1) is 11.0 Å². The van der Waals surface area contributed by atoms with E-state index in [1.54, 1.807) is 11.8 Å². The highest BCUT2D eigenvalue weighted by Gasteiger charge is 2.06. The number of amides is 1. The lowest BCUT2D eigenvalue weighted by Gasteiger charge is -2.06. The zero-order chi connectivity index (χ0) is 20.1. The fraction of sp³-hybridized carbons (Fsp3) is 0.130. The number of hydrogen-bond donors (Lipinski definition) is 2. The minimum atomic E-state index is 0.0261. The molecule has 0 saturated carbocycles. The number of halogens is 1. The van der Waals surface area contributed by atoms with E-state index in [-0.39, 0.29) is 5.91 Å². The average Bonchev–Trinajstić information content (AvgIpc) is 3.17. The second kappa shape index (κ2) is 9.16. The maximum absolute atomic E-state index is 12.2. The molecular formula is C23H20ClN3OS. The van der Waals surface area contributed by atoms with Gasteiger partial charge in [0.2, 0.25) is 5.91 Å². The number of benzene rings is 3. The minimum Gasteiger partial charge on any atom is -0.338 e. The van der Waals surface area contributed by atoms with Gasteiger partial charge in [0.25, 0.3) is 0 Å². The van der Waals surface area contributed by atoms with E-state index < -0.39 is 0 Å². The number of thioether (sulfide) groups is 1. The molecule has 4 aromatic rings.